The van der Waals surface area contributed by atoms with Gasteiger partial charge in [0.05, 0.1) is 32.0 Å². The molecule has 1 saturated heterocycles. The van der Waals surface area contributed by atoms with Gasteiger partial charge in [-0.05, 0) is 25.8 Å². The number of rotatable bonds is 4. The molecular weight excluding hydrogens is 306 g/mol. The van der Waals surface area contributed by atoms with Crippen molar-refractivity contribution in [2.45, 2.75) is 45.8 Å². The van der Waals surface area contributed by atoms with Crippen LogP contribution in [0, 0.1) is 11.3 Å². The minimum Gasteiger partial charge on any atom is -0.477 e. The molecule has 0 N–H and O–H groups in total. The highest BCUT2D eigenvalue weighted by Crippen LogP contribution is 2.38. The molecule has 2 aliphatic heterocycles. The number of morpholine rings is 1. The van der Waals surface area contributed by atoms with Crippen molar-refractivity contribution in [1.82, 2.24) is 4.98 Å². The number of nitrogens with zero attached hydrogens (tertiary/aromatic N) is 3. The van der Waals surface area contributed by atoms with Crippen LogP contribution >= 0.6 is 0 Å². The second kappa shape index (κ2) is 6.96. The lowest BCUT2D eigenvalue weighted by molar-refractivity contribution is -0.0402. The lowest BCUT2D eigenvalue weighted by Crippen LogP contribution is -2.39. The van der Waals surface area contributed by atoms with Crippen LogP contribution in [0.2, 0.25) is 0 Å². The maximum atomic E-state index is 9.70. The van der Waals surface area contributed by atoms with Gasteiger partial charge in [-0.1, -0.05) is 6.92 Å². The van der Waals surface area contributed by atoms with E-state index in [0.29, 0.717) is 44.3 Å². The van der Waals surface area contributed by atoms with Crippen LogP contribution in [0.25, 0.3) is 0 Å². The SMILES string of the molecule is CCCOc1nc(N2CCOCC2)c2c(c1C#N)CC(C)(C)OC2. The highest BCUT2D eigenvalue weighted by atomic mass is 16.5. The minimum absolute atomic E-state index is 0.287. The van der Waals surface area contributed by atoms with Crippen LogP contribution in [0.15, 0.2) is 0 Å². The van der Waals surface area contributed by atoms with Crippen LogP contribution < -0.4 is 9.64 Å². The monoisotopic (exact) mass is 331 g/mol. The summed E-state index contributed by atoms with van der Waals surface area (Å²) < 4.78 is 17.3. The average molecular weight is 331 g/mol. The molecule has 6 nitrogen and oxygen atoms in total. The molecule has 1 aromatic heterocycles. The third kappa shape index (κ3) is 3.33. The van der Waals surface area contributed by atoms with Gasteiger partial charge in [0, 0.05) is 25.1 Å². The molecule has 0 amide bonds. The van der Waals surface area contributed by atoms with Crippen LogP contribution in [0.4, 0.5) is 5.82 Å². The summed E-state index contributed by atoms with van der Waals surface area (Å²) in [5, 5.41) is 9.70. The van der Waals surface area contributed by atoms with E-state index in [9.17, 15) is 5.26 Å². The maximum absolute atomic E-state index is 9.70. The van der Waals surface area contributed by atoms with Gasteiger partial charge in [0.25, 0.3) is 0 Å². The molecule has 0 atom stereocenters. The Morgan fingerprint density at radius 3 is 2.71 bits per heavy atom. The Morgan fingerprint density at radius 1 is 1.29 bits per heavy atom. The van der Waals surface area contributed by atoms with Crippen LogP contribution in [-0.4, -0.2) is 43.5 Å². The van der Waals surface area contributed by atoms with Crippen LogP contribution in [0.3, 0.4) is 0 Å². The summed E-state index contributed by atoms with van der Waals surface area (Å²) >= 11 is 0. The van der Waals surface area contributed by atoms with Gasteiger partial charge < -0.3 is 19.1 Å². The quantitative estimate of drug-likeness (QED) is 0.844. The highest BCUT2D eigenvalue weighted by molar-refractivity contribution is 5.61. The molecular formula is C18H25N3O3. The molecule has 0 aromatic carbocycles. The van der Waals surface area contributed by atoms with E-state index in [1.54, 1.807) is 0 Å². The van der Waals surface area contributed by atoms with Crippen molar-refractivity contribution >= 4 is 5.82 Å². The van der Waals surface area contributed by atoms with Gasteiger partial charge in [-0.25, -0.2) is 0 Å². The summed E-state index contributed by atoms with van der Waals surface area (Å²) in [4.78, 5) is 6.92. The van der Waals surface area contributed by atoms with Crippen LogP contribution in [0.1, 0.15) is 43.9 Å². The predicted octanol–water partition coefficient (Wildman–Crippen LogP) is 2.43. The van der Waals surface area contributed by atoms with Gasteiger partial charge in [-0.3, -0.25) is 0 Å². The number of fused-ring (bicyclic) bond motifs is 1. The molecule has 130 valence electrons. The van der Waals surface area contributed by atoms with E-state index in [0.717, 1.165) is 36.5 Å². The highest BCUT2D eigenvalue weighted by Gasteiger charge is 2.33. The Kier molecular flexibility index (Phi) is 4.93. The number of nitriles is 1. The number of hydrogen-bond acceptors (Lipinski definition) is 6. The molecule has 0 bridgehead atoms. The Labute approximate surface area is 143 Å². The lowest BCUT2D eigenvalue weighted by Gasteiger charge is -2.36. The van der Waals surface area contributed by atoms with E-state index >= 15 is 0 Å². The number of anilines is 1. The molecule has 2 aliphatic rings. The topological polar surface area (TPSA) is 67.6 Å². The number of aromatic nitrogens is 1. The molecule has 24 heavy (non-hydrogen) atoms. The first-order valence-corrected chi connectivity index (χ1v) is 8.61. The molecule has 1 fully saturated rings. The van der Waals surface area contributed by atoms with Crippen molar-refractivity contribution in [3.63, 3.8) is 0 Å². The summed E-state index contributed by atoms with van der Waals surface area (Å²) in [7, 11) is 0. The smallest absolute Gasteiger partial charge is 0.233 e. The molecule has 6 heteroatoms. The Morgan fingerprint density at radius 2 is 2.04 bits per heavy atom. The van der Waals surface area contributed by atoms with Crippen LogP contribution in [-0.2, 0) is 22.5 Å². The average Bonchev–Trinajstić information content (AvgIpc) is 2.58. The Hall–Kier alpha value is -1.84. The van der Waals surface area contributed by atoms with E-state index in [2.05, 4.69) is 24.8 Å². The molecule has 0 aliphatic carbocycles. The Balaban J connectivity index is 2.09. The van der Waals surface area contributed by atoms with Gasteiger partial charge in [-0.2, -0.15) is 10.2 Å². The Bertz CT molecular complexity index is 646. The molecule has 3 heterocycles. The van der Waals surface area contributed by atoms with Crippen molar-refractivity contribution in [3.05, 3.63) is 16.7 Å². The van der Waals surface area contributed by atoms with Gasteiger partial charge >= 0.3 is 0 Å². The first-order chi connectivity index (χ1) is 11.6. The van der Waals surface area contributed by atoms with Gasteiger partial charge in [-0.15, -0.1) is 0 Å². The van der Waals surface area contributed by atoms with Gasteiger partial charge in [0.15, 0.2) is 0 Å². The van der Waals surface area contributed by atoms with Crippen molar-refractivity contribution in [2.24, 2.45) is 0 Å². The largest absolute Gasteiger partial charge is 0.477 e. The van der Waals surface area contributed by atoms with Crippen molar-refractivity contribution in [1.29, 1.82) is 5.26 Å². The van der Waals surface area contributed by atoms with E-state index < -0.39 is 0 Å². The lowest BCUT2D eigenvalue weighted by atomic mass is 9.89. The number of hydrogen-bond donors (Lipinski definition) is 0. The molecule has 1 aromatic rings. The fraction of sp³-hybridized carbons (Fsp3) is 0.667. The fourth-order valence-electron chi connectivity index (χ4n) is 3.18. The van der Waals surface area contributed by atoms with Crippen molar-refractivity contribution < 1.29 is 14.2 Å². The standard InChI is InChI=1S/C18H25N3O3/c1-4-7-23-17-14(11-19)13-10-18(2,3)24-12-15(13)16(20-17)21-5-8-22-9-6-21/h4-10,12H2,1-3H3. The number of pyridine rings is 1. The van der Waals surface area contributed by atoms with Gasteiger partial charge in [0.1, 0.15) is 17.5 Å². The second-order valence-electron chi connectivity index (χ2n) is 6.86. The second-order valence-corrected chi connectivity index (χ2v) is 6.86. The first-order valence-electron chi connectivity index (χ1n) is 8.61. The van der Waals surface area contributed by atoms with Crippen LogP contribution in [0.5, 0.6) is 5.88 Å². The molecule has 3 rings (SSSR count). The normalized spacial score (nSPS) is 19.5. The van der Waals surface area contributed by atoms with E-state index in [1.807, 2.05) is 6.92 Å². The third-order valence-corrected chi connectivity index (χ3v) is 4.43. The summed E-state index contributed by atoms with van der Waals surface area (Å²) in [6.45, 7) is 10.2. The molecule has 0 radical (unpaired) electrons. The minimum atomic E-state index is -0.287. The predicted molar refractivity (Wildman–Crippen MR) is 90.3 cm³/mol. The third-order valence-electron chi connectivity index (χ3n) is 4.43. The van der Waals surface area contributed by atoms with E-state index in [4.69, 9.17) is 19.2 Å². The molecule has 0 spiro atoms. The zero-order valence-corrected chi connectivity index (χ0v) is 14.7. The van der Waals surface area contributed by atoms with Crippen molar-refractivity contribution in [3.8, 4) is 11.9 Å². The van der Waals surface area contributed by atoms with Crippen molar-refractivity contribution in [2.75, 3.05) is 37.8 Å². The summed E-state index contributed by atoms with van der Waals surface area (Å²) in [5.74, 6) is 1.34. The molecule has 0 unspecified atom stereocenters. The first kappa shape index (κ1) is 17.0. The zero-order chi connectivity index (χ0) is 17.2. The number of ether oxygens (including phenoxy) is 3. The summed E-state index contributed by atoms with van der Waals surface area (Å²) in [6, 6.07) is 2.31. The fourth-order valence-corrected chi connectivity index (χ4v) is 3.18. The zero-order valence-electron chi connectivity index (χ0n) is 14.7. The molecule has 0 saturated carbocycles. The maximum Gasteiger partial charge on any atom is 0.233 e. The summed E-state index contributed by atoms with van der Waals surface area (Å²) in [6.07, 6.45) is 1.57. The van der Waals surface area contributed by atoms with E-state index in [1.165, 1.54) is 0 Å². The summed E-state index contributed by atoms with van der Waals surface area (Å²) in [5.41, 5.74) is 2.32. The van der Waals surface area contributed by atoms with E-state index in [-0.39, 0.29) is 5.60 Å². The van der Waals surface area contributed by atoms with Gasteiger partial charge in [0.2, 0.25) is 5.88 Å².